The zero-order valence-electron chi connectivity index (χ0n) is 21.1. The van der Waals surface area contributed by atoms with Crippen molar-refractivity contribution in [3.63, 3.8) is 0 Å². The van der Waals surface area contributed by atoms with Gasteiger partial charge < -0.3 is 19.5 Å². The van der Waals surface area contributed by atoms with Crippen LogP contribution in [-0.4, -0.2) is 87.6 Å². The van der Waals surface area contributed by atoms with Gasteiger partial charge in [0.1, 0.15) is 11.9 Å². The van der Waals surface area contributed by atoms with Gasteiger partial charge in [0.05, 0.1) is 42.1 Å². The molecule has 0 aromatic carbocycles. The maximum Gasteiger partial charge on any atom is 0.162 e. The molecule has 3 aliphatic heterocycles. The Hall–Kier alpha value is -2.88. The van der Waals surface area contributed by atoms with Crippen molar-refractivity contribution in [1.82, 2.24) is 24.8 Å². The molecule has 36 heavy (non-hydrogen) atoms. The average molecular weight is 491 g/mol. The highest BCUT2D eigenvalue weighted by molar-refractivity contribution is 5.95. The zero-order valence-corrected chi connectivity index (χ0v) is 21.1. The van der Waals surface area contributed by atoms with E-state index in [0.29, 0.717) is 24.5 Å². The third kappa shape index (κ3) is 4.75. The third-order valence-corrected chi connectivity index (χ3v) is 7.64. The predicted molar refractivity (Wildman–Crippen MR) is 137 cm³/mol. The van der Waals surface area contributed by atoms with Gasteiger partial charge in [-0.15, -0.1) is 0 Å². The quantitative estimate of drug-likeness (QED) is 0.559. The van der Waals surface area contributed by atoms with Crippen LogP contribution in [0.2, 0.25) is 0 Å². The van der Waals surface area contributed by atoms with Crippen LogP contribution in [0.3, 0.4) is 0 Å². The van der Waals surface area contributed by atoms with E-state index < -0.39 is 5.60 Å². The van der Waals surface area contributed by atoms with E-state index in [2.05, 4.69) is 19.8 Å². The van der Waals surface area contributed by atoms with Crippen molar-refractivity contribution in [2.45, 2.75) is 44.8 Å². The van der Waals surface area contributed by atoms with Crippen molar-refractivity contribution in [2.24, 2.45) is 5.41 Å². The molecule has 0 unspecified atom stereocenters. The summed E-state index contributed by atoms with van der Waals surface area (Å²) in [5, 5.41) is 11.2. The molecule has 9 heteroatoms. The number of ether oxygens (including phenoxy) is 2. The summed E-state index contributed by atoms with van der Waals surface area (Å²) in [6, 6.07) is 3.87. The molecule has 0 saturated carbocycles. The molecule has 3 aliphatic rings. The monoisotopic (exact) mass is 490 g/mol. The molecule has 6 rings (SSSR count). The van der Waals surface area contributed by atoms with Gasteiger partial charge in [-0.1, -0.05) is 0 Å². The lowest BCUT2D eigenvalue weighted by atomic mass is 9.77. The van der Waals surface area contributed by atoms with Crippen LogP contribution in [0.1, 0.15) is 33.1 Å². The lowest BCUT2D eigenvalue weighted by Crippen LogP contribution is -2.44. The highest BCUT2D eigenvalue weighted by Crippen LogP contribution is 2.43. The van der Waals surface area contributed by atoms with E-state index in [1.807, 2.05) is 26.0 Å². The molecule has 0 aliphatic carbocycles. The summed E-state index contributed by atoms with van der Waals surface area (Å²) in [7, 11) is 0. The minimum atomic E-state index is -0.661. The van der Waals surface area contributed by atoms with Crippen LogP contribution >= 0.6 is 0 Å². The van der Waals surface area contributed by atoms with Gasteiger partial charge in [-0.3, -0.25) is 14.9 Å². The smallest absolute Gasteiger partial charge is 0.162 e. The van der Waals surface area contributed by atoms with Crippen LogP contribution in [0.25, 0.3) is 22.3 Å². The first kappa shape index (κ1) is 23.5. The number of pyridine rings is 2. The first-order valence-electron chi connectivity index (χ1n) is 12.9. The van der Waals surface area contributed by atoms with Gasteiger partial charge in [-0.05, 0) is 57.2 Å². The number of rotatable bonds is 6. The molecular weight excluding hydrogens is 456 g/mol. The van der Waals surface area contributed by atoms with Crippen LogP contribution in [0.5, 0.6) is 5.75 Å². The molecule has 6 heterocycles. The molecule has 0 atom stereocenters. The highest BCUT2D eigenvalue weighted by atomic mass is 16.6. The summed E-state index contributed by atoms with van der Waals surface area (Å²) in [5.41, 5.74) is 1.36. The number of piperidine rings is 1. The molecule has 190 valence electrons. The Bertz CT molecular complexity index is 1220. The molecular formula is C27H34N6O3. The Morgan fingerprint density at radius 1 is 1.06 bits per heavy atom. The molecule has 3 fully saturated rings. The number of likely N-dealkylation sites (tertiary alicyclic amines) is 1. The van der Waals surface area contributed by atoms with Gasteiger partial charge in [0, 0.05) is 44.1 Å². The molecule has 9 nitrogen and oxygen atoms in total. The fourth-order valence-corrected chi connectivity index (χ4v) is 5.76. The molecule has 1 N–H and O–H groups in total. The summed E-state index contributed by atoms with van der Waals surface area (Å²) in [6.07, 6.45) is 10.5. The van der Waals surface area contributed by atoms with Crippen molar-refractivity contribution in [1.29, 1.82) is 0 Å². The lowest BCUT2D eigenvalue weighted by Gasteiger charge is -2.40. The second kappa shape index (κ2) is 9.21. The molecule has 1 spiro atoms. The fourth-order valence-electron chi connectivity index (χ4n) is 5.76. The molecule has 0 bridgehead atoms. The van der Waals surface area contributed by atoms with Gasteiger partial charge in [-0.25, -0.2) is 9.97 Å². The Morgan fingerprint density at radius 2 is 1.81 bits per heavy atom. The van der Waals surface area contributed by atoms with E-state index in [4.69, 9.17) is 19.4 Å². The van der Waals surface area contributed by atoms with E-state index in [-0.39, 0.29) is 6.10 Å². The van der Waals surface area contributed by atoms with Gasteiger partial charge in [0.25, 0.3) is 0 Å². The standard InChI is InChI=1S/C27H34N6O3/c1-26(2,34)17-32-10-5-27(18-32)6-11-33(12-7-27)25-23-21(13-29-14-22(23)36-20-15-35-16-20)30-24(31-25)19-3-8-28-9-4-19/h3-4,8-9,13-14,20,34H,5-7,10-12,15-18H2,1-2H3. The normalized spacial score (nSPS) is 20.7. The average Bonchev–Trinajstić information content (AvgIpc) is 3.21. The number of fused-ring (bicyclic) bond motifs is 1. The van der Waals surface area contributed by atoms with Crippen LogP contribution in [0.4, 0.5) is 5.82 Å². The number of aliphatic hydroxyl groups is 1. The van der Waals surface area contributed by atoms with E-state index in [0.717, 1.165) is 73.6 Å². The number of hydrogen-bond acceptors (Lipinski definition) is 9. The number of anilines is 1. The van der Waals surface area contributed by atoms with Crippen molar-refractivity contribution in [3.8, 4) is 17.1 Å². The number of nitrogens with zero attached hydrogens (tertiary/aromatic N) is 6. The topological polar surface area (TPSA) is 96.7 Å². The Labute approximate surface area is 211 Å². The summed E-state index contributed by atoms with van der Waals surface area (Å²) in [4.78, 5) is 23.3. The van der Waals surface area contributed by atoms with Crippen molar-refractivity contribution >= 4 is 16.7 Å². The summed E-state index contributed by atoms with van der Waals surface area (Å²) >= 11 is 0. The minimum Gasteiger partial charge on any atom is -0.483 e. The SMILES string of the molecule is CC(C)(O)CN1CCC2(CCN(c3nc(-c4ccncc4)nc4cncc(OC5COC5)c34)CC2)C1. The van der Waals surface area contributed by atoms with Crippen molar-refractivity contribution < 1.29 is 14.6 Å². The first-order valence-corrected chi connectivity index (χ1v) is 12.9. The predicted octanol–water partition coefficient (Wildman–Crippen LogP) is 2.93. The van der Waals surface area contributed by atoms with E-state index >= 15 is 0 Å². The molecule has 3 aromatic heterocycles. The second-order valence-electron chi connectivity index (χ2n) is 11.2. The molecule has 0 amide bonds. The molecule has 3 saturated heterocycles. The van der Waals surface area contributed by atoms with E-state index in [9.17, 15) is 5.11 Å². The van der Waals surface area contributed by atoms with E-state index in [1.165, 1.54) is 6.42 Å². The number of hydrogen-bond donors (Lipinski definition) is 1. The summed E-state index contributed by atoms with van der Waals surface area (Å²) in [5.74, 6) is 2.29. The van der Waals surface area contributed by atoms with E-state index in [1.54, 1.807) is 24.8 Å². The van der Waals surface area contributed by atoms with Crippen molar-refractivity contribution in [2.75, 3.05) is 50.8 Å². The maximum atomic E-state index is 10.3. The highest BCUT2D eigenvalue weighted by Gasteiger charge is 2.42. The summed E-state index contributed by atoms with van der Waals surface area (Å²) in [6.45, 7) is 9.65. The third-order valence-electron chi connectivity index (χ3n) is 7.64. The fraction of sp³-hybridized carbons (Fsp3) is 0.556. The molecule has 3 aromatic rings. The zero-order chi connectivity index (χ0) is 24.8. The van der Waals surface area contributed by atoms with Crippen molar-refractivity contribution in [3.05, 3.63) is 36.9 Å². The Morgan fingerprint density at radius 3 is 2.50 bits per heavy atom. The van der Waals surface area contributed by atoms with Gasteiger partial charge >= 0.3 is 0 Å². The Kier molecular flexibility index (Phi) is 6.02. The minimum absolute atomic E-state index is 0.0370. The maximum absolute atomic E-state index is 10.3. The van der Waals surface area contributed by atoms with Gasteiger partial charge in [0.2, 0.25) is 0 Å². The lowest BCUT2D eigenvalue weighted by molar-refractivity contribution is -0.0792. The first-order chi connectivity index (χ1) is 17.4. The molecule has 0 radical (unpaired) electrons. The number of β-amino-alcohol motifs (C(OH)–C–C–N with tert-alkyl or cyclic N) is 1. The van der Waals surface area contributed by atoms with Crippen LogP contribution in [-0.2, 0) is 4.74 Å². The van der Waals surface area contributed by atoms with Gasteiger partial charge in [-0.2, -0.15) is 0 Å². The number of aromatic nitrogens is 4. The van der Waals surface area contributed by atoms with Gasteiger partial charge in [0.15, 0.2) is 11.6 Å². The second-order valence-corrected chi connectivity index (χ2v) is 11.2. The largest absolute Gasteiger partial charge is 0.483 e. The van der Waals surface area contributed by atoms with Crippen LogP contribution < -0.4 is 9.64 Å². The Balaban J connectivity index is 1.31. The van der Waals surface area contributed by atoms with Crippen LogP contribution in [0.15, 0.2) is 36.9 Å². The summed E-state index contributed by atoms with van der Waals surface area (Å²) < 4.78 is 11.6. The van der Waals surface area contributed by atoms with Crippen LogP contribution in [0, 0.1) is 5.41 Å².